The molecule has 7 nitrogen and oxygen atoms in total. The van der Waals surface area contributed by atoms with Gasteiger partial charge in [-0.3, -0.25) is 4.98 Å². The first-order valence-corrected chi connectivity index (χ1v) is 8.34. The largest absolute Gasteiger partial charge is 0.494 e. The summed E-state index contributed by atoms with van der Waals surface area (Å²) in [5.41, 5.74) is 1.65. The van der Waals surface area contributed by atoms with Crippen molar-refractivity contribution in [3.05, 3.63) is 58.6 Å². The lowest BCUT2D eigenvalue weighted by Crippen LogP contribution is -2.23. The van der Waals surface area contributed by atoms with Crippen LogP contribution < -0.4 is 20.5 Å². The van der Waals surface area contributed by atoms with Crippen LogP contribution >= 0.6 is 0 Å². The van der Waals surface area contributed by atoms with Gasteiger partial charge in [-0.05, 0) is 43.3 Å². The van der Waals surface area contributed by atoms with Gasteiger partial charge in [0, 0.05) is 6.54 Å². The van der Waals surface area contributed by atoms with Crippen molar-refractivity contribution in [2.45, 2.75) is 6.42 Å². The second kappa shape index (κ2) is 8.74. The minimum absolute atomic E-state index is 0.436. The normalized spacial score (nSPS) is 10.6. The first-order chi connectivity index (χ1) is 12.8. The number of nitrogens with one attached hydrogen (secondary N) is 2. The Hall–Kier alpha value is -3.24. The Balaban J connectivity index is 1.32. The number of hydrogen-bond donors (Lipinski definition) is 2. The number of fused-ring (bicyclic) bond motifs is 1. The molecule has 0 aliphatic heterocycles. The highest BCUT2D eigenvalue weighted by Crippen LogP contribution is 2.22. The lowest BCUT2D eigenvalue weighted by molar-refractivity contribution is 0.294. The molecule has 0 bridgehead atoms. The number of nitriles is 1. The molecule has 0 aliphatic carbocycles. The average Bonchev–Trinajstić information content (AvgIpc) is 3.05. The molecule has 0 spiro atoms. The van der Waals surface area contributed by atoms with E-state index in [9.17, 15) is 4.79 Å². The fourth-order valence-corrected chi connectivity index (χ4v) is 2.46. The van der Waals surface area contributed by atoms with Gasteiger partial charge in [0.2, 0.25) is 0 Å². The third kappa shape index (κ3) is 4.65. The summed E-state index contributed by atoms with van der Waals surface area (Å²) in [6.45, 7) is 2.47. The van der Waals surface area contributed by atoms with E-state index in [1.54, 1.807) is 36.4 Å². The Morgan fingerprint density at radius 3 is 2.88 bits per heavy atom. The van der Waals surface area contributed by atoms with Crippen molar-refractivity contribution < 1.29 is 13.9 Å². The number of nitrogens with zero attached hydrogens (tertiary/aromatic N) is 1. The van der Waals surface area contributed by atoms with Gasteiger partial charge >= 0.3 is 5.76 Å². The Morgan fingerprint density at radius 2 is 2.00 bits per heavy atom. The molecule has 0 amide bonds. The number of para-hydroxylation sites is 1. The van der Waals surface area contributed by atoms with Crippen LogP contribution in [0.1, 0.15) is 12.0 Å². The van der Waals surface area contributed by atoms with Crippen LogP contribution in [0, 0.1) is 11.3 Å². The van der Waals surface area contributed by atoms with E-state index in [-0.39, 0.29) is 0 Å². The topological polar surface area (TPSA) is 100 Å². The van der Waals surface area contributed by atoms with E-state index in [0.29, 0.717) is 47.9 Å². The number of hydrogen-bond acceptors (Lipinski definition) is 6. The van der Waals surface area contributed by atoms with Crippen molar-refractivity contribution in [1.29, 1.82) is 5.26 Å². The molecule has 0 saturated heterocycles. The molecular weight excluding hydrogens is 334 g/mol. The molecule has 0 radical (unpaired) electrons. The van der Waals surface area contributed by atoms with Crippen molar-refractivity contribution in [2.24, 2.45) is 0 Å². The van der Waals surface area contributed by atoms with E-state index in [1.807, 2.05) is 6.07 Å². The summed E-state index contributed by atoms with van der Waals surface area (Å²) in [5.74, 6) is 0.756. The maximum Gasteiger partial charge on any atom is 0.417 e. The van der Waals surface area contributed by atoms with E-state index in [2.05, 4.69) is 16.4 Å². The summed E-state index contributed by atoms with van der Waals surface area (Å²) < 4.78 is 16.3. The number of rotatable bonds is 9. The quantitative estimate of drug-likeness (QED) is 0.573. The van der Waals surface area contributed by atoms with Crippen molar-refractivity contribution >= 4 is 11.1 Å². The standard InChI is InChI=1S/C19H19N3O4/c20-13-14-4-1-5-15(12-14)24-10-3-8-21-9-11-25-17-7-2-6-16-18(17)26-19(23)22-16/h1-2,4-7,12,21H,3,8-11H2,(H,22,23). The zero-order valence-corrected chi connectivity index (χ0v) is 14.2. The van der Waals surface area contributed by atoms with Gasteiger partial charge in [-0.1, -0.05) is 12.1 Å². The zero-order chi connectivity index (χ0) is 18.2. The average molecular weight is 353 g/mol. The van der Waals surface area contributed by atoms with Crippen LogP contribution in [0.4, 0.5) is 0 Å². The number of aromatic amines is 1. The molecule has 0 saturated carbocycles. The number of oxazole rings is 1. The van der Waals surface area contributed by atoms with Gasteiger partial charge in [0.15, 0.2) is 11.3 Å². The highest BCUT2D eigenvalue weighted by Gasteiger charge is 2.07. The number of aromatic nitrogens is 1. The highest BCUT2D eigenvalue weighted by atomic mass is 16.5. The number of H-pyrrole nitrogens is 1. The molecule has 0 fully saturated rings. The van der Waals surface area contributed by atoms with Crippen LogP contribution in [-0.4, -0.2) is 31.3 Å². The van der Waals surface area contributed by atoms with E-state index in [1.165, 1.54) is 0 Å². The second-order valence-electron chi connectivity index (χ2n) is 5.59. The van der Waals surface area contributed by atoms with Gasteiger partial charge in [-0.25, -0.2) is 4.79 Å². The van der Waals surface area contributed by atoms with Crippen LogP contribution in [0.5, 0.6) is 11.5 Å². The van der Waals surface area contributed by atoms with Crippen molar-refractivity contribution in [3.63, 3.8) is 0 Å². The molecule has 0 unspecified atom stereocenters. The van der Waals surface area contributed by atoms with Crippen molar-refractivity contribution in [3.8, 4) is 17.6 Å². The van der Waals surface area contributed by atoms with E-state index in [4.69, 9.17) is 19.2 Å². The van der Waals surface area contributed by atoms with Gasteiger partial charge in [0.05, 0.1) is 23.8 Å². The first kappa shape index (κ1) is 17.6. The lowest BCUT2D eigenvalue weighted by atomic mass is 10.2. The summed E-state index contributed by atoms with van der Waals surface area (Å²) in [4.78, 5) is 13.8. The Morgan fingerprint density at radius 1 is 1.12 bits per heavy atom. The van der Waals surface area contributed by atoms with E-state index >= 15 is 0 Å². The summed E-state index contributed by atoms with van der Waals surface area (Å²) >= 11 is 0. The van der Waals surface area contributed by atoms with Gasteiger partial charge in [0.25, 0.3) is 0 Å². The Bertz CT molecular complexity index is 955. The second-order valence-corrected chi connectivity index (χ2v) is 5.59. The van der Waals surface area contributed by atoms with Gasteiger partial charge in [-0.15, -0.1) is 0 Å². The molecule has 1 aromatic heterocycles. The van der Waals surface area contributed by atoms with Crippen LogP contribution in [0.2, 0.25) is 0 Å². The van der Waals surface area contributed by atoms with Crippen LogP contribution in [-0.2, 0) is 0 Å². The van der Waals surface area contributed by atoms with Crippen molar-refractivity contribution in [1.82, 2.24) is 10.3 Å². The molecule has 3 rings (SSSR count). The van der Waals surface area contributed by atoms with Gasteiger partial charge in [-0.2, -0.15) is 5.26 Å². The highest BCUT2D eigenvalue weighted by molar-refractivity contribution is 5.78. The minimum Gasteiger partial charge on any atom is -0.494 e. The van der Waals surface area contributed by atoms with E-state index in [0.717, 1.165) is 13.0 Å². The van der Waals surface area contributed by atoms with Crippen molar-refractivity contribution in [2.75, 3.05) is 26.3 Å². The molecule has 7 heteroatoms. The number of benzene rings is 2. The summed E-state index contributed by atoms with van der Waals surface area (Å²) in [7, 11) is 0. The molecule has 0 aliphatic rings. The summed E-state index contributed by atoms with van der Waals surface area (Å²) in [6, 6.07) is 14.5. The maximum atomic E-state index is 11.2. The molecule has 0 atom stereocenters. The Kier molecular flexibility index (Phi) is 5.91. The molecule has 134 valence electrons. The summed E-state index contributed by atoms with van der Waals surface area (Å²) in [6.07, 6.45) is 0.832. The van der Waals surface area contributed by atoms with Crippen LogP contribution in [0.25, 0.3) is 11.1 Å². The van der Waals surface area contributed by atoms with Crippen LogP contribution in [0.15, 0.2) is 51.7 Å². The van der Waals surface area contributed by atoms with E-state index < -0.39 is 5.76 Å². The van der Waals surface area contributed by atoms with Gasteiger partial charge < -0.3 is 19.2 Å². The fraction of sp³-hybridized carbons (Fsp3) is 0.263. The first-order valence-electron chi connectivity index (χ1n) is 8.34. The van der Waals surface area contributed by atoms with Gasteiger partial charge in [0.1, 0.15) is 12.4 Å². The monoisotopic (exact) mass is 353 g/mol. The molecule has 26 heavy (non-hydrogen) atoms. The smallest absolute Gasteiger partial charge is 0.417 e. The summed E-state index contributed by atoms with van der Waals surface area (Å²) in [5, 5.41) is 12.1. The maximum absolute atomic E-state index is 11.2. The third-order valence-corrected chi connectivity index (χ3v) is 3.68. The molecule has 1 heterocycles. The zero-order valence-electron chi connectivity index (χ0n) is 14.2. The molecule has 2 N–H and O–H groups in total. The molecule has 3 aromatic rings. The Labute approximate surface area is 150 Å². The predicted octanol–water partition coefficient (Wildman–Crippen LogP) is 2.43. The van der Waals surface area contributed by atoms with Crippen LogP contribution in [0.3, 0.4) is 0 Å². The number of ether oxygens (including phenoxy) is 2. The SMILES string of the molecule is N#Cc1cccc(OCCCNCCOc2cccc3[nH]c(=O)oc23)c1. The lowest BCUT2D eigenvalue weighted by Gasteiger charge is -2.09. The molecular formula is C19H19N3O4. The fourth-order valence-electron chi connectivity index (χ4n) is 2.46. The minimum atomic E-state index is -0.491. The molecule has 2 aromatic carbocycles. The predicted molar refractivity (Wildman–Crippen MR) is 96.5 cm³/mol. The third-order valence-electron chi connectivity index (χ3n) is 3.68.